The molecule has 0 unspecified atom stereocenters. The number of nitrogens with zero attached hydrogens (tertiary/aromatic N) is 1. The van der Waals surface area contributed by atoms with Crippen LogP contribution in [0.5, 0.6) is 0 Å². The highest BCUT2D eigenvalue weighted by Crippen LogP contribution is 2.32. The molecule has 0 aromatic carbocycles. The largest absolute Gasteiger partial charge is 0.434 e. The predicted molar refractivity (Wildman–Crippen MR) is 42.8 cm³/mol. The van der Waals surface area contributed by atoms with E-state index in [1.165, 1.54) is 0 Å². The van der Waals surface area contributed by atoms with E-state index in [2.05, 4.69) is 4.98 Å². The second-order valence-corrected chi connectivity index (χ2v) is 2.82. The summed E-state index contributed by atoms with van der Waals surface area (Å²) >= 11 is 5.27. The van der Waals surface area contributed by atoms with Crippen molar-refractivity contribution in [3.8, 4) is 0 Å². The number of hydrogen-bond acceptors (Lipinski definition) is 2. The van der Waals surface area contributed by atoms with E-state index in [9.17, 15) is 18.0 Å². The number of aromatic nitrogens is 1. The van der Waals surface area contributed by atoms with Crippen LogP contribution in [0.3, 0.4) is 0 Å². The maximum atomic E-state index is 12.1. The Hall–Kier alpha value is -1.30. The van der Waals surface area contributed by atoms with Gasteiger partial charge in [-0.15, -0.1) is 0 Å². The van der Waals surface area contributed by atoms with Crippen LogP contribution in [0.2, 0.25) is 5.02 Å². The molecule has 3 nitrogen and oxygen atoms in total. The number of primary amides is 1. The van der Waals surface area contributed by atoms with E-state index in [1.807, 2.05) is 0 Å². The third-order valence-electron chi connectivity index (χ3n) is 1.39. The normalized spacial score (nSPS) is 11.4. The van der Waals surface area contributed by atoms with Gasteiger partial charge in [-0.2, -0.15) is 13.2 Å². The lowest BCUT2D eigenvalue weighted by Gasteiger charge is -2.07. The smallest absolute Gasteiger partial charge is 0.366 e. The molecule has 1 aromatic heterocycles. The predicted octanol–water partition coefficient (Wildman–Crippen LogP) is 1.85. The molecule has 0 saturated heterocycles. The van der Waals surface area contributed by atoms with Crippen LogP contribution >= 0.6 is 11.6 Å². The van der Waals surface area contributed by atoms with Gasteiger partial charge in [-0.25, -0.2) is 4.98 Å². The fraction of sp³-hybridized carbons (Fsp3) is 0.143. The van der Waals surface area contributed by atoms with E-state index in [4.69, 9.17) is 17.3 Å². The summed E-state index contributed by atoms with van der Waals surface area (Å²) in [6, 6.07) is 0.833. The summed E-state index contributed by atoms with van der Waals surface area (Å²) in [4.78, 5) is 13.6. The molecule has 0 bridgehead atoms. The zero-order chi connectivity index (χ0) is 10.9. The molecule has 0 saturated carbocycles. The molecule has 14 heavy (non-hydrogen) atoms. The van der Waals surface area contributed by atoms with Crippen molar-refractivity contribution in [3.63, 3.8) is 0 Å². The van der Waals surface area contributed by atoms with Crippen LogP contribution in [0.4, 0.5) is 13.2 Å². The van der Waals surface area contributed by atoms with Gasteiger partial charge in [0.05, 0.1) is 10.6 Å². The molecule has 0 fully saturated rings. The SMILES string of the molecule is NC(=O)c1cnc(C(F)(F)F)c(Cl)c1. The Kier molecular flexibility index (Phi) is 2.66. The standard InChI is InChI=1S/C7H4ClF3N2O/c8-4-1-3(6(12)14)2-13-5(4)7(9,10)11/h1-2H,(H2,12,14). The van der Waals surface area contributed by atoms with E-state index in [1.54, 1.807) is 0 Å². The third-order valence-corrected chi connectivity index (χ3v) is 1.68. The molecular weight excluding hydrogens is 221 g/mol. The molecule has 0 aliphatic carbocycles. The van der Waals surface area contributed by atoms with Gasteiger partial charge in [-0.3, -0.25) is 4.79 Å². The Balaban J connectivity index is 3.21. The average molecular weight is 225 g/mol. The van der Waals surface area contributed by atoms with E-state index in [-0.39, 0.29) is 5.56 Å². The maximum absolute atomic E-state index is 12.1. The molecule has 7 heteroatoms. The van der Waals surface area contributed by atoms with Crippen molar-refractivity contribution in [1.82, 2.24) is 4.98 Å². The van der Waals surface area contributed by atoms with Gasteiger partial charge >= 0.3 is 6.18 Å². The molecule has 0 atom stereocenters. The summed E-state index contributed by atoms with van der Waals surface area (Å²) in [5, 5.41) is -0.645. The summed E-state index contributed by atoms with van der Waals surface area (Å²) in [5.74, 6) is -0.881. The first-order chi connectivity index (χ1) is 6.32. The lowest BCUT2D eigenvalue weighted by Crippen LogP contribution is -2.14. The second-order valence-electron chi connectivity index (χ2n) is 2.42. The number of carbonyl (C=O) groups excluding carboxylic acids is 1. The highest BCUT2D eigenvalue weighted by molar-refractivity contribution is 6.31. The van der Waals surface area contributed by atoms with E-state index < -0.39 is 22.8 Å². The van der Waals surface area contributed by atoms with Gasteiger partial charge < -0.3 is 5.73 Å². The molecule has 0 spiro atoms. The zero-order valence-electron chi connectivity index (χ0n) is 6.60. The molecule has 1 rings (SSSR count). The Bertz CT molecular complexity index is 378. The monoisotopic (exact) mass is 224 g/mol. The minimum absolute atomic E-state index is 0.164. The van der Waals surface area contributed by atoms with Crippen molar-refractivity contribution in [2.45, 2.75) is 6.18 Å². The number of rotatable bonds is 1. The van der Waals surface area contributed by atoms with Crippen LogP contribution < -0.4 is 5.73 Å². The fourth-order valence-electron chi connectivity index (χ4n) is 0.781. The number of hydrogen-bond donors (Lipinski definition) is 1. The first-order valence-electron chi connectivity index (χ1n) is 3.35. The quantitative estimate of drug-likeness (QED) is 0.792. The van der Waals surface area contributed by atoms with Gasteiger partial charge in [0, 0.05) is 6.20 Å². The number of amides is 1. The van der Waals surface area contributed by atoms with Gasteiger partial charge in [0.25, 0.3) is 0 Å². The van der Waals surface area contributed by atoms with Crippen LogP contribution in [-0.4, -0.2) is 10.9 Å². The lowest BCUT2D eigenvalue weighted by atomic mass is 10.2. The van der Waals surface area contributed by atoms with Crippen LogP contribution in [0.15, 0.2) is 12.3 Å². The molecule has 0 aliphatic rings. The minimum Gasteiger partial charge on any atom is -0.366 e. The van der Waals surface area contributed by atoms with E-state index >= 15 is 0 Å². The van der Waals surface area contributed by atoms with Gasteiger partial charge in [0.15, 0.2) is 5.69 Å². The van der Waals surface area contributed by atoms with E-state index in [0.717, 1.165) is 12.3 Å². The minimum atomic E-state index is -4.63. The molecule has 0 aliphatic heterocycles. The highest BCUT2D eigenvalue weighted by atomic mass is 35.5. The molecule has 1 aromatic rings. The third kappa shape index (κ3) is 2.14. The van der Waals surface area contributed by atoms with Crippen LogP contribution in [0.1, 0.15) is 16.1 Å². The van der Waals surface area contributed by atoms with E-state index in [0.29, 0.717) is 0 Å². The Morgan fingerprint density at radius 2 is 2.07 bits per heavy atom. The topological polar surface area (TPSA) is 56.0 Å². The first kappa shape index (κ1) is 10.8. The molecule has 1 heterocycles. The first-order valence-corrected chi connectivity index (χ1v) is 3.72. The van der Waals surface area contributed by atoms with Gasteiger partial charge in [0.1, 0.15) is 0 Å². The molecule has 2 N–H and O–H groups in total. The van der Waals surface area contributed by atoms with Gasteiger partial charge in [-0.05, 0) is 6.07 Å². The Labute approximate surface area is 81.7 Å². The van der Waals surface area contributed by atoms with Crippen LogP contribution in [-0.2, 0) is 6.18 Å². The Morgan fingerprint density at radius 1 is 1.50 bits per heavy atom. The van der Waals surface area contributed by atoms with Crippen molar-refractivity contribution in [1.29, 1.82) is 0 Å². The number of carbonyl (C=O) groups is 1. The zero-order valence-corrected chi connectivity index (χ0v) is 7.36. The summed E-state index contributed by atoms with van der Waals surface area (Å²) in [6.07, 6.45) is -3.90. The molecular formula is C7H4ClF3N2O. The van der Waals surface area contributed by atoms with Crippen molar-refractivity contribution >= 4 is 17.5 Å². The van der Waals surface area contributed by atoms with Crippen LogP contribution in [0.25, 0.3) is 0 Å². The van der Waals surface area contributed by atoms with Crippen LogP contribution in [0, 0.1) is 0 Å². The van der Waals surface area contributed by atoms with Crippen molar-refractivity contribution in [2.24, 2.45) is 5.73 Å². The number of alkyl halides is 3. The summed E-state index contributed by atoms with van der Waals surface area (Å²) in [5.41, 5.74) is 3.43. The van der Waals surface area contributed by atoms with Crippen molar-refractivity contribution in [2.75, 3.05) is 0 Å². The summed E-state index contributed by atoms with van der Waals surface area (Å²) in [7, 11) is 0. The second kappa shape index (κ2) is 3.45. The van der Waals surface area contributed by atoms with Gasteiger partial charge in [-0.1, -0.05) is 11.6 Å². The fourth-order valence-corrected chi connectivity index (χ4v) is 1.05. The number of nitrogens with two attached hydrogens (primary N) is 1. The molecule has 76 valence electrons. The number of halogens is 4. The number of pyridine rings is 1. The molecule has 0 radical (unpaired) electrons. The highest BCUT2D eigenvalue weighted by Gasteiger charge is 2.35. The van der Waals surface area contributed by atoms with Gasteiger partial charge in [0.2, 0.25) is 5.91 Å². The molecule has 1 amide bonds. The summed E-state index contributed by atoms with van der Waals surface area (Å²) < 4.78 is 36.4. The average Bonchev–Trinajstić information content (AvgIpc) is 2.01. The summed E-state index contributed by atoms with van der Waals surface area (Å²) in [6.45, 7) is 0. The maximum Gasteiger partial charge on any atom is 0.434 e. The lowest BCUT2D eigenvalue weighted by molar-refractivity contribution is -0.141. The van der Waals surface area contributed by atoms with Crippen molar-refractivity contribution in [3.05, 3.63) is 28.5 Å². The Morgan fingerprint density at radius 3 is 2.43 bits per heavy atom. The van der Waals surface area contributed by atoms with Crippen molar-refractivity contribution < 1.29 is 18.0 Å².